The van der Waals surface area contributed by atoms with Gasteiger partial charge in [-0.05, 0) is 0 Å². The van der Waals surface area contributed by atoms with Gasteiger partial charge in [-0.3, -0.25) is 0 Å². The number of aromatic nitrogens is 2. The summed E-state index contributed by atoms with van der Waals surface area (Å²) in [5.41, 5.74) is 2.00. The molecule has 1 aliphatic heterocycles. The van der Waals surface area contributed by atoms with Crippen molar-refractivity contribution >= 4 is 22.1 Å². The van der Waals surface area contributed by atoms with E-state index in [4.69, 9.17) is 12.2 Å². The van der Waals surface area contributed by atoms with Crippen LogP contribution >= 0.6 is 12.2 Å². The maximum atomic E-state index is 11.2. The van der Waals surface area contributed by atoms with Crippen LogP contribution in [-0.4, -0.2) is 31.2 Å². The van der Waals surface area contributed by atoms with Gasteiger partial charge in [0.15, 0.2) is 9.84 Å². The smallest absolute Gasteiger partial charge is 0.154 e. The molecule has 2 rings (SSSR count). The van der Waals surface area contributed by atoms with E-state index < -0.39 is 9.84 Å². The third kappa shape index (κ3) is 2.66. The quantitative estimate of drug-likeness (QED) is 0.749. The highest BCUT2D eigenvalue weighted by Crippen LogP contribution is 2.13. The molecule has 0 atom stereocenters. The summed E-state index contributed by atoms with van der Waals surface area (Å²) >= 11 is 5.15. The fraction of sp³-hybridized carbons (Fsp3) is 0.556. The van der Waals surface area contributed by atoms with Crippen LogP contribution in [0, 0.1) is 4.64 Å². The lowest BCUT2D eigenvalue weighted by Crippen LogP contribution is -2.26. The number of fused-ring (bicyclic) bond motifs is 1. The van der Waals surface area contributed by atoms with Gasteiger partial charge in [-0.15, -0.1) is 0 Å². The first-order chi connectivity index (χ1) is 7.46. The van der Waals surface area contributed by atoms with Crippen LogP contribution in [0.15, 0.2) is 0 Å². The largest absolute Gasteiger partial charge is 0.346 e. The van der Waals surface area contributed by atoms with E-state index in [1.165, 1.54) is 6.26 Å². The van der Waals surface area contributed by atoms with E-state index in [-0.39, 0.29) is 5.75 Å². The van der Waals surface area contributed by atoms with Crippen LogP contribution in [0.4, 0.5) is 0 Å². The molecule has 2 N–H and O–H groups in total. The van der Waals surface area contributed by atoms with E-state index in [9.17, 15) is 8.42 Å². The standard InChI is InChI=1S/C9H13N3O2S2/c1-16(13,14)5-8-11-7-2-3-10-4-6(7)9(15)12-8/h10H,2-5H2,1H3,(H,11,12,15). The van der Waals surface area contributed by atoms with Crippen molar-refractivity contribution in [3.63, 3.8) is 0 Å². The maximum Gasteiger partial charge on any atom is 0.154 e. The summed E-state index contributed by atoms with van der Waals surface area (Å²) in [4.78, 5) is 7.18. The molecule has 0 saturated carbocycles. The average molecular weight is 259 g/mol. The molecule has 88 valence electrons. The van der Waals surface area contributed by atoms with E-state index in [0.29, 0.717) is 17.0 Å². The first-order valence-electron chi connectivity index (χ1n) is 4.95. The lowest BCUT2D eigenvalue weighted by Gasteiger charge is -2.17. The number of hydrogen-bond acceptors (Lipinski definition) is 5. The van der Waals surface area contributed by atoms with Crippen molar-refractivity contribution in [2.75, 3.05) is 12.8 Å². The minimum Gasteiger partial charge on any atom is -0.346 e. The van der Waals surface area contributed by atoms with Crippen molar-refractivity contribution in [1.29, 1.82) is 0 Å². The second kappa shape index (κ2) is 4.23. The van der Waals surface area contributed by atoms with E-state index in [1.54, 1.807) is 0 Å². The Kier molecular flexibility index (Phi) is 3.09. The first kappa shape index (κ1) is 11.7. The van der Waals surface area contributed by atoms with Gasteiger partial charge in [0, 0.05) is 37.0 Å². The summed E-state index contributed by atoms with van der Waals surface area (Å²) in [5.74, 6) is 0.352. The fourth-order valence-corrected chi connectivity index (χ4v) is 2.67. The molecule has 0 spiro atoms. The molecule has 0 unspecified atom stereocenters. The molecule has 0 amide bonds. The highest BCUT2D eigenvalue weighted by Gasteiger charge is 2.14. The van der Waals surface area contributed by atoms with Crippen molar-refractivity contribution in [3.05, 3.63) is 21.7 Å². The zero-order valence-electron chi connectivity index (χ0n) is 8.91. The van der Waals surface area contributed by atoms with Gasteiger partial charge >= 0.3 is 0 Å². The van der Waals surface area contributed by atoms with Crippen molar-refractivity contribution in [3.8, 4) is 0 Å². The number of rotatable bonds is 2. The van der Waals surface area contributed by atoms with Gasteiger partial charge in [-0.2, -0.15) is 0 Å². The molecular weight excluding hydrogens is 246 g/mol. The van der Waals surface area contributed by atoms with E-state index in [1.807, 2.05) is 0 Å². The topological polar surface area (TPSA) is 74.8 Å². The summed E-state index contributed by atoms with van der Waals surface area (Å²) < 4.78 is 22.8. The molecule has 1 aromatic heterocycles. The second-order valence-electron chi connectivity index (χ2n) is 3.94. The van der Waals surface area contributed by atoms with Gasteiger partial charge in [-0.25, -0.2) is 13.4 Å². The highest BCUT2D eigenvalue weighted by atomic mass is 32.2. The molecule has 16 heavy (non-hydrogen) atoms. The van der Waals surface area contributed by atoms with Crippen molar-refractivity contribution in [1.82, 2.24) is 15.3 Å². The number of nitrogens with zero attached hydrogens (tertiary/aromatic N) is 1. The molecule has 2 heterocycles. The Hall–Kier alpha value is -0.790. The molecule has 1 aliphatic rings. The van der Waals surface area contributed by atoms with Crippen LogP contribution in [0.1, 0.15) is 17.1 Å². The van der Waals surface area contributed by atoms with Crippen molar-refractivity contribution < 1.29 is 8.42 Å². The molecular formula is C9H13N3O2S2. The third-order valence-electron chi connectivity index (χ3n) is 2.41. The number of sulfone groups is 1. The summed E-state index contributed by atoms with van der Waals surface area (Å²) in [6.07, 6.45) is 2.02. The van der Waals surface area contributed by atoms with Crippen LogP contribution in [0.25, 0.3) is 0 Å². The monoisotopic (exact) mass is 259 g/mol. The van der Waals surface area contributed by atoms with Crippen LogP contribution in [0.3, 0.4) is 0 Å². The van der Waals surface area contributed by atoms with Crippen molar-refractivity contribution in [2.24, 2.45) is 0 Å². The predicted molar refractivity (Wildman–Crippen MR) is 63.4 cm³/mol. The molecule has 0 aromatic carbocycles. The first-order valence-corrected chi connectivity index (χ1v) is 7.42. The number of hydrogen-bond donors (Lipinski definition) is 2. The van der Waals surface area contributed by atoms with E-state index >= 15 is 0 Å². The highest BCUT2D eigenvalue weighted by molar-refractivity contribution is 7.89. The zero-order chi connectivity index (χ0) is 11.8. The van der Waals surface area contributed by atoms with Gasteiger partial charge in [0.1, 0.15) is 16.2 Å². The van der Waals surface area contributed by atoms with Crippen LogP contribution in [0.5, 0.6) is 0 Å². The average Bonchev–Trinajstić information content (AvgIpc) is 2.15. The minimum absolute atomic E-state index is 0.0860. The predicted octanol–water partition coefficient (Wildman–Crippen LogP) is 0.329. The van der Waals surface area contributed by atoms with Gasteiger partial charge in [-0.1, -0.05) is 12.2 Å². The van der Waals surface area contributed by atoms with Gasteiger partial charge in [0.05, 0.1) is 0 Å². The second-order valence-corrected chi connectivity index (χ2v) is 6.47. The Balaban J connectivity index is 2.43. The number of nitrogens with one attached hydrogen (secondary N) is 2. The van der Waals surface area contributed by atoms with Gasteiger partial charge in [0.25, 0.3) is 0 Å². The molecule has 0 saturated heterocycles. The molecule has 0 bridgehead atoms. The lowest BCUT2D eigenvalue weighted by molar-refractivity contribution is 0.596. The van der Waals surface area contributed by atoms with E-state index in [0.717, 1.165) is 24.2 Å². The number of H-pyrrole nitrogens is 1. The molecule has 5 nitrogen and oxygen atoms in total. The van der Waals surface area contributed by atoms with Crippen LogP contribution in [0.2, 0.25) is 0 Å². The van der Waals surface area contributed by atoms with Crippen LogP contribution in [-0.2, 0) is 28.6 Å². The summed E-state index contributed by atoms with van der Waals surface area (Å²) in [7, 11) is -3.08. The van der Waals surface area contributed by atoms with E-state index in [2.05, 4.69) is 15.3 Å². The Morgan fingerprint density at radius 3 is 2.94 bits per heavy atom. The normalized spacial score (nSPS) is 15.8. The molecule has 0 radical (unpaired) electrons. The zero-order valence-corrected chi connectivity index (χ0v) is 10.5. The van der Waals surface area contributed by atoms with Crippen molar-refractivity contribution in [2.45, 2.75) is 18.7 Å². The SMILES string of the molecule is CS(=O)(=O)Cc1nc(=S)c2c([nH]1)CCNC2. The van der Waals surface area contributed by atoms with Gasteiger partial charge in [0.2, 0.25) is 0 Å². The fourth-order valence-electron chi connectivity index (χ4n) is 1.74. The Morgan fingerprint density at radius 2 is 2.25 bits per heavy atom. The summed E-state index contributed by atoms with van der Waals surface area (Å²) in [6, 6.07) is 0. The summed E-state index contributed by atoms with van der Waals surface area (Å²) in [6.45, 7) is 1.58. The minimum atomic E-state index is -3.08. The maximum absolute atomic E-state index is 11.2. The molecule has 0 aliphatic carbocycles. The molecule has 7 heteroatoms. The van der Waals surface area contributed by atoms with Gasteiger partial charge < -0.3 is 10.3 Å². The summed E-state index contributed by atoms with van der Waals surface area (Å²) in [5, 5.41) is 3.20. The molecule has 1 aromatic rings. The molecule has 0 fully saturated rings. The Labute approximate surface area is 99.2 Å². The third-order valence-corrected chi connectivity index (χ3v) is 3.54. The lowest BCUT2D eigenvalue weighted by atomic mass is 10.1. The number of aromatic amines is 1. The Morgan fingerprint density at radius 1 is 1.50 bits per heavy atom. The van der Waals surface area contributed by atoms with Crippen LogP contribution < -0.4 is 5.32 Å². The Bertz CT molecular complexity index is 563.